The highest BCUT2D eigenvalue weighted by Crippen LogP contribution is 2.21. The van der Waals surface area contributed by atoms with Crippen molar-refractivity contribution in [3.05, 3.63) is 29.3 Å². The molecule has 0 spiro atoms. The first kappa shape index (κ1) is 15.2. The molecule has 0 aromatic heterocycles. The second-order valence-corrected chi connectivity index (χ2v) is 5.57. The van der Waals surface area contributed by atoms with Crippen molar-refractivity contribution < 1.29 is 13.9 Å². The number of phenolic OH excluding ortho intramolecular Hbond substituents is 1. The number of aromatic hydroxyl groups is 1. The lowest BCUT2D eigenvalue weighted by Crippen LogP contribution is -2.26. The van der Waals surface area contributed by atoms with Crippen LogP contribution >= 0.6 is 11.8 Å². The highest BCUT2D eigenvalue weighted by Gasteiger charge is 2.10. The van der Waals surface area contributed by atoms with Crippen molar-refractivity contribution in [3.63, 3.8) is 0 Å². The van der Waals surface area contributed by atoms with E-state index in [1.807, 2.05) is 18.7 Å². The van der Waals surface area contributed by atoms with Gasteiger partial charge in [-0.1, -0.05) is 6.92 Å². The summed E-state index contributed by atoms with van der Waals surface area (Å²) in [6, 6.07) is 2.60. The number of halogens is 2. The summed E-state index contributed by atoms with van der Waals surface area (Å²) >= 11 is 1.87. The summed E-state index contributed by atoms with van der Waals surface area (Å²) in [4.78, 5) is 0. The lowest BCUT2D eigenvalue weighted by atomic mass is 10.1. The van der Waals surface area contributed by atoms with Gasteiger partial charge in [0.1, 0.15) is 0 Å². The molecule has 0 aliphatic heterocycles. The van der Waals surface area contributed by atoms with Gasteiger partial charge in [-0.25, -0.2) is 8.78 Å². The first-order valence-corrected chi connectivity index (χ1v) is 7.18. The SMILES string of the molecule is CCSCCC(C)NCc1cc(F)c(O)c(F)c1. The molecular formula is C13H19F2NOS. The smallest absolute Gasteiger partial charge is 0.187 e. The molecule has 1 unspecified atom stereocenters. The van der Waals surface area contributed by atoms with E-state index < -0.39 is 17.4 Å². The van der Waals surface area contributed by atoms with Crippen LogP contribution < -0.4 is 5.32 Å². The molecule has 1 atom stereocenters. The Labute approximate surface area is 111 Å². The molecule has 0 heterocycles. The summed E-state index contributed by atoms with van der Waals surface area (Å²) in [6.45, 7) is 4.56. The van der Waals surface area contributed by atoms with Gasteiger partial charge in [0, 0.05) is 12.6 Å². The van der Waals surface area contributed by atoms with E-state index in [-0.39, 0.29) is 0 Å². The van der Waals surface area contributed by atoms with Crippen LogP contribution in [0, 0.1) is 11.6 Å². The Kier molecular flexibility index (Phi) is 6.43. The van der Waals surface area contributed by atoms with Gasteiger partial charge in [-0.05, 0) is 42.5 Å². The highest BCUT2D eigenvalue weighted by molar-refractivity contribution is 7.99. The molecule has 2 nitrogen and oxygen atoms in total. The average molecular weight is 275 g/mol. The van der Waals surface area contributed by atoms with Gasteiger partial charge >= 0.3 is 0 Å². The van der Waals surface area contributed by atoms with Gasteiger partial charge in [-0.3, -0.25) is 0 Å². The summed E-state index contributed by atoms with van der Waals surface area (Å²) in [5.74, 6) is -0.572. The van der Waals surface area contributed by atoms with Gasteiger partial charge in [0.25, 0.3) is 0 Å². The maximum atomic E-state index is 13.1. The first-order valence-electron chi connectivity index (χ1n) is 6.02. The van der Waals surface area contributed by atoms with Crippen molar-refractivity contribution in [1.82, 2.24) is 5.32 Å². The second-order valence-electron chi connectivity index (χ2n) is 4.18. The molecule has 2 N–H and O–H groups in total. The van der Waals surface area contributed by atoms with Crippen molar-refractivity contribution in [2.75, 3.05) is 11.5 Å². The van der Waals surface area contributed by atoms with E-state index in [2.05, 4.69) is 12.2 Å². The summed E-state index contributed by atoms with van der Waals surface area (Å²) in [7, 11) is 0. The van der Waals surface area contributed by atoms with E-state index in [0.29, 0.717) is 18.2 Å². The fraction of sp³-hybridized carbons (Fsp3) is 0.538. The molecule has 0 radical (unpaired) electrons. The number of benzene rings is 1. The number of phenols is 1. The van der Waals surface area contributed by atoms with Gasteiger partial charge < -0.3 is 10.4 Å². The Morgan fingerprint density at radius 2 is 1.94 bits per heavy atom. The Morgan fingerprint density at radius 1 is 1.33 bits per heavy atom. The van der Waals surface area contributed by atoms with Gasteiger partial charge in [0.15, 0.2) is 17.4 Å². The monoisotopic (exact) mass is 275 g/mol. The van der Waals surface area contributed by atoms with Crippen molar-refractivity contribution in [1.29, 1.82) is 0 Å². The molecule has 0 saturated heterocycles. The first-order chi connectivity index (χ1) is 8.54. The van der Waals surface area contributed by atoms with Crippen molar-refractivity contribution in [2.24, 2.45) is 0 Å². The molecule has 1 aromatic carbocycles. The fourth-order valence-corrected chi connectivity index (χ4v) is 2.33. The van der Waals surface area contributed by atoms with Crippen LogP contribution in [0.2, 0.25) is 0 Å². The molecule has 1 aromatic rings. The molecule has 5 heteroatoms. The number of thioether (sulfide) groups is 1. The molecule has 0 aliphatic carbocycles. The van der Waals surface area contributed by atoms with Gasteiger partial charge in [0.05, 0.1) is 0 Å². The van der Waals surface area contributed by atoms with E-state index in [1.165, 1.54) is 0 Å². The van der Waals surface area contributed by atoms with Crippen LogP contribution in [0.1, 0.15) is 25.8 Å². The minimum absolute atomic E-state index is 0.295. The van der Waals surface area contributed by atoms with Crippen LogP contribution in [0.4, 0.5) is 8.78 Å². The third kappa shape index (κ3) is 4.82. The summed E-state index contributed by atoms with van der Waals surface area (Å²) in [6.07, 6.45) is 1.02. The van der Waals surface area contributed by atoms with E-state index >= 15 is 0 Å². The van der Waals surface area contributed by atoms with E-state index in [9.17, 15) is 8.78 Å². The standard InChI is InChI=1S/C13H19F2NOS/c1-3-18-5-4-9(2)16-8-10-6-11(14)13(17)12(15)7-10/h6-7,9,16-17H,3-5,8H2,1-2H3. The number of rotatable bonds is 7. The molecular weight excluding hydrogens is 256 g/mol. The fourth-order valence-electron chi connectivity index (χ4n) is 1.52. The van der Waals surface area contributed by atoms with Crippen LogP contribution in [0.5, 0.6) is 5.75 Å². The normalized spacial score (nSPS) is 12.7. The molecule has 0 saturated carbocycles. The zero-order valence-electron chi connectivity index (χ0n) is 10.7. The molecule has 1 rings (SSSR count). The lowest BCUT2D eigenvalue weighted by molar-refractivity contribution is 0.394. The predicted molar refractivity (Wildman–Crippen MR) is 71.9 cm³/mol. The predicted octanol–water partition coefficient (Wildman–Crippen LogP) is 3.29. The van der Waals surface area contributed by atoms with Crippen LogP contribution in [-0.4, -0.2) is 22.7 Å². The molecule has 0 aliphatic rings. The molecule has 102 valence electrons. The van der Waals surface area contributed by atoms with Crippen molar-refractivity contribution in [3.8, 4) is 5.75 Å². The van der Waals surface area contributed by atoms with Crippen LogP contribution in [0.3, 0.4) is 0 Å². The molecule has 0 bridgehead atoms. The summed E-state index contributed by atoms with van der Waals surface area (Å²) < 4.78 is 26.2. The molecule has 18 heavy (non-hydrogen) atoms. The Hall–Kier alpha value is -0.810. The third-order valence-electron chi connectivity index (χ3n) is 2.63. The summed E-state index contributed by atoms with van der Waals surface area (Å²) in [5.41, 5.74) is 0.498. The average Bonchev–Trinajstić information content (AvgIpc) is 2.33. The van der Waals surface area contributed by atoms with Gasteiger partial charge in [-0.2, -0.15) is 11.8 Å². The molecule has 0 amide bonds. The van der Waals surface area contributed by atoms with E-state index in [4.69, 9.17) is 5.11 Å². The minimum atomic E-state index is -0.916. The van der Waals surface area contributed by atoms with Crippen LogP contribution in [0.15, 0.2) is 12.1 Å². The zero-order chi connectivity index (χ0) is 13.5. The second kappa shape index (κ2) is 7.59. The quantitative estimate of drug-likeness (QED) is 0.749. The largest absolute Gasteiger partial charge is 0.503 e. The van der Waals surface area contributed by atoms with Crippen LogP contribution in [-0.2, 0) is 6.54 Å². The maximum absolute atomic E-state index is 13.1. The topological polar surface area (TPSA) is 32.3 Å². The van der Waals surface area contributed by atoms with Gasteiger partial charge in [-0.15, -0.1) is 0 Å². The lowest BCUT2D eigenvalue weighted by Gasteiger charge is -2.13. The van der Waals surface area contributed by atoms with Gasteiger partial charge in [0.2, 0.25) is 0 Å². The van der Waals surface area contributed by atoms with Crippen molar-refractivity contribution in [2.45, 2.75) is 32.9 Å². The Balaban J connectivity index is 2.43. The number of hydrogen-bond donors (Lipinski definition) is 2. The minimum Gasteiger partial charge on any atom is -0.503 e. The van der Waals surface area contributed by atoms with Crippen molar-refractivity contribution >= 4 is 11.8 Å². The highest BCUT2D eigenvalue weighted by atomic mass is 32.2. The maximum Gasteiger partial charge on any atom is 0.187 e. The Bertz CT molecular complexity index is 364. The Morgan fingerprint density at radius 3 is 2.50 bits per heavy atom. The van der Waals surface area contributed by atoms with E-state index in [0.717, 1.165) is 30.1 Å². The zero-order valence-corrected chi connectivity index (χ0v) is 11.5. The third-order valence-corrected chi connectivity index (χ3v) is 3.56. The number of hydrogen-bond acceptors (Lipinski definition) is 3. The number of nitrogens with one attached hydrogen (secondary N) is 1. The molecule has 0 fully saturated rings. The van der Waals surface area contributed by atoms with E-state index in [1.54, 1.807) is 0 Å². The summed E-state index contributed by atoms with van der Waals surface area (Å²) in [5, 5.41) is 12.2. The van der Waals surface area contributed by atoms with Crippen LogP contribution in [0.25, 0.3) is 0 Å².